The highest BCUT2D eigenvalue weighted by molar-refractivity contribution is 7.84. The van der Waals surface area contributed by atoms with Crippen molar-refractivity contribution in [3.8, 4) is 0 Å². The molecule has 1 aromatic rings. The number of nitrogens with zero attached hydrogens (tertiary/aromatic N) is 1. The second kappa shape index (κ2) is 6.18. The summed E-state index contributed by atoms with van der Waals surface area (Å²) in [5.74, 6) is 0.556. The van der Waals surface area contributed by atoms with Crippen molar-refractivity contribution in [2.45, 2.75) is 63.7 Å². The largest absolute Gasteiger partial charge is 0.347 e. The molecule has 5 heteroatoms. The summed E-state index contributed by atoms with van der Waals surface area (Å²) < 4.78 is 15.5. The summed E-state index contributed by atoms with van der Waals surface area (Å²) >= 11 is 0. The van der Waals surface area contributed by atoms with Crippen molar-refractivity contribution in [3.05, 3.63) is 18.2 Å². The van der Waals surface area contributed by atoms with Gasteiger partial charge in [0.15, 0.2) is 0 Å². The molecule has 0 aromatic carbocycles. The normalized spacial score (nSPS) is 21.2. The minimum atomic E-state index is -1.05. The summed E-state index contributed by atoms with van der Waals surface area (Å²) in [6.07, 6.45) is 9.85. The molecule has 1 fully saturated rings. The van der Waals surface area contributed by atoms with Gasteiger partial charge in [-0.2, -0.15) is 0 Å². The van der Waals surface area contributed by atoms with Gasteiger partial charge in [-0.05, 0) is 39.5 Å². The SMILES string of the molecule is CC(C)(C)S(=O)N[C@H](c1cnc[nH]1)C1CCCCC1. The van der Waals surface area contributed by atoms with Crippen LogP contribution in [0, 0.1) is 5.92 Å². The van der Waals surface area contributed by atoms with Crippen molar-refractivity contribution in [1.29, 1.82) is 0 Å². The molecule has 1 saturated carbocycles. The molecule has 0 spiro atoms. The van der Waals surface area contributed by atoms with E-state index < -0.39 is 11.0 Å². The highest BCUT2D eigenvalue weighted by Gasteiger charge is 2.30. The smallest absolute Gasteiger partial charge is 0.0976 e. The van der Waals surface area contributed by atoms with Crippen LogP contribution in [0.4, 0.5) is 0 Å². The zero-order chi connectivity index (χ0) is 13.9. The quantitative estimate of drug-likeness (QED) is 0.892. The Morgan fingerprint density at radius 1 is 1.37 bits per heavy atom. The molecule has 0 aliphatic heterocycles. The topological polar surface area (TPSA) is 57.8 Å². The zero-order valence-electron chi connectivity index (χ0n) is 12.1. The maximum Gasteiger partial charge on any atom is 0.0976 e. The maximum atomic E-state index is 12.4. The fourth-order valence-corrected chi connectivity index (χ4v) is 3.51. The molecule has 19 heavy (non-hydrogen) atoms. The van der Waals surface area contributed by atoms with E-state index in [0.717, 1.165) is 5.69 Å². The molecule has 2 rings (SSSR count). The van der Waals surface area contributed by atoms with Gasteiger partial charge < -0.3 is 4.98 Å². The third kappa shape index (κ3) is 3.89. The average molecular weight is 283 g/mol. The Bertz CT molecular complexity index is 405. The summed E-state index contributed by atoms with van der Waals surface area (Å²) in [5, 5.41) is 0. The first-order valence-corrected chi connectivity index (χ1v) is 8.30. The lowest BCUT2D eigenvalue weighted by molar-refractivity contribution is 0.292. The number of hydrogen-bond acceptors (Lipinski definition) is 2. The van der Waals surface area contributed by atoms with E-state index in [1.54, 1.807) is 6.33 Å². The van der Waals surface area contributed by atoms with Crippen LogP contribution >= 0.6 is 0 Å². The van der Waals surface area contributed by atoms with Crippen LogP contribution in [-0.2, 0) is 11.0 Å². The Morgan fingerprint density at radius 3 is 2.58 bits per heavy atom. The molecule has 1 aromatic heterocycles. The van der Waals surface area contributed by atoms with Crippen molar-refractivity contribution in [3.63, 3.8) is 0 Å². The van der Waals surface area contributed by atoms with Crippen molar-refractivity contribution in [2.75, 3.05) is 0 Å². The van der Waals surface area contributed by atoms with Crippen molar-refractivity contribution >= 4 is 11.0 Å². The van der Waals surface area contributed by atoms with Crippen LogP contribution < -0.4 is 4.72 Å². The molecule has 1 aliphatic rings. The van der Waals surface area contributed by atoms with E-state index in [0.29, 0.717) is 5.92 Å². The first kappa shape index (κ1) is 14.7. The molecule has 0 saturated heterocycles. The number of aromatic nitrogens is 2. The highest BCUT2D eigenvalue weighted by atomic mass is 32.2. The lowest BCUT2D eigenvalue weighted by atomic mass is 9.83. The summed E-state index contributed by atoms with van der Waals surface area (Å²) in [6.45, 7) is 6.00. The molecule has 1 heterocycles. The molecular weight excluding hydrogens is 258 g/mol. The third-order valence-corrected chi connectivity index (χ3v) is 5.35. The lowest BCUT2D eigenvalue weighted by Crippen LogP contribution is -2.39. The molecule has 1 unspecified atom stereocenters. The van der Waals surface area contributed by atoms with Gasteiger partial charge in [0.25, 0.3) is 0 Å². The molecule has 2 atom stereocenters. The van der Waals surface area contributed by atoms with E-state index in [1.165, 1.54) is 32.1 Å². The third-order valence-electron chi connectivity index (χ3n) is 3.77. The predicted molar refractivity (Wildman–Crippen MR) is 78.9 cm³/mol. The fourth-order valence-electron chi connectivity index (χ4n) is 2.61. The Labute approximate surface area is 118 Å². The average Bonchev–Trinajstić information content (AvgIpc) is 2.89. The maximum absolute atomic E-state index is 12.4. The van der Waals surface area contributed by atoms with Crippen LogP contribution in [0.15, 0.2) is 12.5 Å². The minimum absolute atomic E-state index is 0.128. The second-order valence-electron chi connectivity index (χ2n) is 6.38. The first-order chi connectivity index (χ1) is 8.98. The first-order valence-electron chi connectivity index (χ1n) is 7.15. The molecule has 0 amide bonds. The number of nitrogens with one attached hydrogen (secondary N) is 2. The van der Waals surface area contributed by atoms with Crippen LogP contribution in [0.2, 0.25) is 0 Å². The molecule has 4 nitrogen and oxygen atoms in total. The summed E-state index contributed by atoms with van der Waals surface area (Å²) in [4.78, 5) is 7.30. The number of imidazole rings is 1. The second-order valence-corrected chi connectivity index (χ2v) is 8.38. The van der Waals surface area contributed by atoms with Gasteiger partial charge in [0, 0.05) is 6.20 Å². The van der Waals surface area contributed by atoms with Gasteiger partial charge in [0.2, 0.25) is 0 Å². The summed E-state index contributed by atoms with van der Waals surface area (Å²) in [6, 6.07) is 0.128. The van der Waals surface area contributed by atoms with Gasteiger partial charge in [-0.15, -0.1) is 0 Å². The standard InChI is InChI=1S/C14H25N3OS/c1-14(2,3)19(18)17-13(12-9-15-10-16-12)11-7-5-4-6-8-11/h9-11,13,17H,4-8H2,1-3H3,(H,15,16)/t13-,19?/m0/s1. The van der Waals surface area contributed by atoms with Gasteiger partial charge in [-0.25, -0.2) is 13.9 Å². The van der Waals surface area contributed by atoms with Crippen LogP contribution in [0.3, 0.4) is 0 Å². The van der Waals surface area contributed by atoms with Crippen LogP contribution in [0.25, 0.3) is 0 Å². The van der Waals surface area contributed by atoms with E-state index in [9.17, 15) is 4.21 Å². The Hall–Kier alpha value is -0.680. The molecule has 0 radical (unpaired) electrons. The van der Waals surface area contributed by atoms with E-state index in [4.69, 9.17) is 0 Å². The monoisotopic (exact) mass is 283 g/mol. The highest BCUT2D eigenvalue weighted by Crippen LogP contribution is 2.34. The molecule has 1 aliphatic carbocycles. The lowest BCUT2D eigenvalue weighted by Gasteiger charge is -2.32. The predicted octanol–water partition coefficient (Wildman–Crippen LogP) is 3.08. The van der Waals surface area contributed by atoms with Gasteiger partial charge >= 0.3 is 0 Å². The van der Waals surface area contributed by atoms with Crippen LogP contribution in [0.5, 0.6) is 0 Å². The fraction of sp³-hybridized carbons (Fsp3) is 0.786. The summed E-state index contributed by atoms with van der Waals surface area (Å²) in [5.41, 5.74) is 1.06. The van der Waals surface area contributed by atoms with Crippen molar-refractivity contribution in [2.24, 2.45) is 5.92 Å². The molecular formula is C14H25N3OS. The van der Waals surface area contributed by atoms with Gasteiger partial charge in [0.1, 0.15) is 0 Å². The number of H-pyrrole nitrogens is 1. The van der Waals surface area contributed by atoms with E-state index in [-0.39, 0.29) is 10.8 Å². The van der Waals surface area contributed by atoms with Gasteiger partial charge in [-0.1, -0.05) is 19.3 Å². The van der Waals surface area contributed by atoms with Crippen molar-refractivity contribution < 1.29 is 4.21 Å². The number of rotatable bonds is 4. The van der Waals surface area contributed by atoms with E-state index >= 15 is 0 Å². The Kier molecular flexibility index (Phi) is 4.79. The van der Waals surface area contributed by atoms with E-state index in [1.807, 2.05) is 27.0 Å². The van der Waals surface area contributed by atoms with Gasteiger partial charge in [0.05, 0.1) is 33.8 Å². The van der Waals surface area contributed by atoms with E-state index in [2.05, 4.69) is 14.7 Å². The zero-order valence-corrected chi connectivity index (χ0v) is 12.9. The molecule has 108 valence electrons. The van der Waals surface area contributed by atoms with Gasteiger partial charge in [-0.3, -0.25) is 0 Å². The molecule has 0 bridgehead atoms. The number of hydrogen-bond donors (Lipinski definition) is 2. The van der Waals surface area contributed by atoms with Crippen molar-refractivity contribution in [1.82, 2.24) is 14.7 Å². The minimum Gasteiger partial charge on any atom is -0.347 e. The number of aromatic amines is 1. The molecule has 2 N–H and O–H groups in total. The Morgan fingerprint density at radius 2 is 2.05 bits per heavy atom. The summed E-state index contributed by atoms with van der Waals surface area (Å²) in [7, 11) is -1.05. The van der Waals surface area contributed by atoms with Crippen LogP contribution in [0.1, 0.15) is 64.6 Å². The Balaban J connectivity index is 2.13. The van der Waals surface area contributed by atoms with Crippen LogP contribution in [-0.4, -0.2) is 18.9 Å².